The van der Waals surface area contributed by atoms with Crippen molar-refractivity contribution >= 4 is 17.4 Å². The van der Waals surface area contributed by atoms with Crippen molar-refractivity contribution < 1.29 is 14.3 Å². The molecule has 0 aromatic heterocycles. The van der Waals surface area contributed by atoms with Crippen LogP contribution in [0.2, 0.25) is 0 Å². The number of carbonyl (C=O) groups excluding carboxylic acids is 2. The Balaban J connectivity index is 1.75. The van der Waals surface area contributed by atoms with E-state index in [-0.39, 0.29) is 22.6 Å². The van der Waals surface area contributed by atoms with Gasteiger partial charge in [0.05, 0.1) is 12.2 Å². The van der Waals surface area contributed by atoms with Crippen LogP contribution in [0.5, 0.6) is 0 Å². The first kappa shape index (κ1) is 16.7. The van der Waals surface area contributed by atoms with E-state index in [1.54, 1.807) is 19.1 Å². The number of ketones is 1. The van der Waals surface area contributed by atoms with Crippen LogP contribution in [-0.4, -0.2) is 18.4 Å². The zero-order valence-electron chi connectivity index (χ0n) is 14.8. The number of hydrogen-bond donors (Lipinski definition) is 1. The van der Waals surface area contributed by atoms with E-state index in [1.807, 2.05) is 18.3 Å². The van der Waals surface area contributed by atoms with E-state index >= 15 is 0 Å². The van der Waals surface area contributed by atoms with E-state index in [4.69, 9.17) is 4.74 Å². The second-order valence-electron chi connectivity index (χ2n) is 7.52. The third-order valence-electron chi connectivity index (χ3n) is 6.16. The summed E-state index contributed by atoms with van der Waals surface area (Å²) in [5, 5.41) is 3.22. The molecule has 1 N–H and O–H groups in total. The fourth-order valence-electron chi connectivity index (χ4n) is 4.17. The minimum Gasteiger partial charge on any atom is -0.462 e. The molecule has 24 heavy (non-hydrogen) atoms. The van der Waals surface area contributed by atoms with Gasteiger partial charge in [-0.25, -0.2) is 4.79 Å². The first-order valence-corrected chi connectivity index (χ1v) is 8.60. The summed E-state index contributed by atoms with van der Waals surface area (Å²) in [6, 6.07) is 7.11. The van der Waals surface area contributed by atoms with Crippen molar-refractivity contribution in [3.05, 3.63) is 41.6 Å². The average Bonchev–Trinajstić information content (AvgIpc) is 2.86. The second kappa shape index (κ2) is 5.76. The van der Waals surface area contributed by atoms with Gasteiger partial charge < -0.3 is 10.1 Å². The molecule has 2 fully saturated rings. The zero-order chi connectivity index (χ0) is 17.5. The van der Waals surface area contributed by atoms with Crippen LogP contribution in [0.1, 0.15) is 50.9 Å². The van der Waals surface area contributed by atoms with Gasteiger partial charge >= 0.3 is 5.97 Å². The highest BCUT2D eigenvalue weighted by Crippen LogP contribution is 2.65. The summed E-state index contributed by atoms with van der Waals surface area (Å²) in [6.07, 6.45) is 3.91. The molecule has 0 radical (unpaired) electrons. The Labute approximate surface area is 143 Å². The van der Waals surface area contributed by atoms with Gasteiger partial charge in [-0.05, 0) is 55.4 Å². The molecule has 2 bridgehead atoms. The summed E-state index contributed by atoms with van der Waals surface area (Å²) in [5.74, 6) is 0.279. The Morgan fingerprint density at radius 2 is 1.96 bits per heavy atom. The lowest BCUT2D eigenvalue weighted by Crippen LogP contribution is -2.32. The molecule has 0 amide bonds. The molecular formula is C20H25NO3. The number of anilines is 1. The van der Waals surface area contributed by atoms with E-state index in [0.29, 0.717) is 18.1 Å². The maximum atomic E-state index is 12.8. The van der Waals surface area contributed by atoms with E-state index in [1.165, 1.54) is 0 Å². The highest BCUT2D eigenvalue weighted by Gasteiger charge is 2.63. The molecule has 0 spiro atoms. The minimum absolute atomic E-state index is 0.0192. The normalized spacial score (nSPS) is 29.1. The fourth-order valence-corrected chi connectivity index (χ4v) is 4.17. The van der Waals surface area contributed by atoms with Crippen molar-refractivity contribution in [2.45, 2.75) is 40.5 Å². The quantitative estimate of drug-likeness (QED) is 0.665. The number of esters is 1. The predicted octanol–water partition coefficient (Wildman–Crippen LogP) is 4.18. The minimum atomic E-state index is -0.319. The maximum Gasteiger partial charge on any atom is 0.338 e. The smallest absolute Gasteiger partial charge is 0.338 e. The third kappa shape index (κ3) is 2.36. The van der Waals surface area contributed by atoms with E-state index in [9.17, 15) is 9.59 Å². The lowest BCUT2D eigenvalue weighted by Gasteiger charge is -2.31. The highest BCUT2D eigenvalue weighted by molar-refractivity contribution is 6.04. The number of rotatable bonds is 4. The standard InChI is InChI=1S/C20H25NO3/c1-5-24-18(23)13-6-8-14(9-7-13)21-12-15-16-10-11-20(4,17(15)22)19(16,2)3/h6-9,12,16,21H,5,10-11H2,1-4H3/b15-12+/t16-,20-/m1/s1. The largest absolute Gasteiger partial charge is 0.462 e. The first-order chi connectivity index (χ1) is 11.3. The topological polar surface area (TPSA) is 55.4 Å². The van der Waals surface area contributed by atoms with Crippen molar-refractivity contribution in [1.29, 1.82) is 0 Å². The summed E-state index contributed by atoms with van der Waals surface area (Å²) in [7, 11) is 0. The number of nitrogens with one attached hydrogen (secondary N) is 1. The Hall–Kier alpha value is -2.10. The highest BCUT2D eigenvalue weighted by atomic mass is 16.5. The fraction of sp³-hybridized carbons (Fsp3) is 0.500. The van der Waals surface area contributed by atoms with Crippen molar-refractivity contribution in [3.8, 4) is 0 Å². The molecule has 0 heterocycles. The van der Waals surface area contributed by atoms with Crippen LogP contribution >= 0.6 is 0 Å². The third-order valence-corrected chi connectivity index (χ3v) is 6.16. The average molecular weight is 327 g/mol. The number of allylic oxidation sites excluding steroid dienone is 1. The number of fused-ring (bicyclic) bond motifs is 2. The van der Waals surface area contributed by atoms with Gasteiger partial charge in [0.25, 0.3) is 0 Å². The molecule has 0 unspecified atom stereocenters. The number of hydrogen-bond acceptors (Lipinski definition) is 4. The summed E-state index contributed by atoms with van der Waals surface area (Å²) in [4.78, 5) is 24.4. The molecule has 2 atom stereocenters. The van der Waals surface area contributed by atoms with Gasteiger partial charge in [0.2, 0.25) is 0 Å². The van der Waals surface area contributed by atoms with Gasteiger partial charge in [0.1, 0.15) is 0 Å². The van der Waals surface area contributed by atoms with Crippen LogP contribution < -0.4 is 5.32 Å². The van der Waals surface area contributed by atoms with Crippen molar-refractivity contribution in [2.75, 3.05) is 11.9 Å². The lowest BCUT2D eigenvalue weighted by atomic mass is 9.70. The summed E-state index contributed by atoms with van der Waals surface area (Å²) in [5.41, 5.74) is 2.07. The molecule has 0 saturated heterocycles. The monoisotopic (exact) mass is 327 g/mol. The molecule has 2 saturated carbocycles. The number of Topliss-reactive ketones (excluding diaryl/α,β-unsaturated/α-hetero) is 1. The van der Waals surface area contributed by atoms with Crippen molar-refractivity contribution in [3.63, 3.8) is 0 Å². The zero-order valence-corrected chi connectivity index (χ0v) is 14.8. The van der Waals surface area contributed by atoms with Crippen molar-refractivity contribution in [1.82, 2.24) is 0 Å². The van der Waals surface area contributed by atoms with Crippen LogP contribution in [0, 0.1) is 16.7 Å². The van der Waals surface area contributed by atoms with Gasteiger partial charge in [0, 0.05) is 22.9 Å². The van der Waals surface area contributed by atoms with E-state index in [0.717, 1.165) is 24.1 Å². The molecule has 0 aliphatic heterocycles. The SMILES string of the molecule is CCOC(=O)c1ccc(N/C=C2/C(=O)[C@@]3(C)CC[C@H]2C3(C)C)cc1. The molecular weight excluding hydrogens is 302 g/mol. The summed E-state index contributed by atoms with van der Waals surface area (Å²) in [6.45, 7) is 8.66. The summed E-state index contributed by atoms with van der Waals surface area (Å²) < 4.78 is 4.97. The Bertz CT molecular complexity index is 702. The molecule has 3 rings (SSSR count). The van der Waals surface area contributed by atoms with Gasteiger partial charge in [-0.15, -0.1) is 0 Å². The van der Waals surface area contributed by atoms with Gasteiger partial charge in [0.15, 0.2) is 5.78 Å². The number of ether oxygens (including phenoxy) is 1. The molecule has 2 aliphatic rings. The summed E-state index contributed by atoms with van der Waals surface area (Å²) >= 11 is 0. The van der Waals surface area contributed by atoms with Gasteiger partial charge in [-0.1, -0.05) is 20.8 Å². The van der Waals surface area contributed by atoms with Crippen molar-refractivity contribution in [2.24, 2.45) is 16.7 Å². The predicted molar refractivity (Wildman–Crippen MR) is 93.7 cm³/mol. The van der Waals surface area contributed by atoms with E-state index < -0.39 is 0 Å². The molecule has 2 aliphatic carbocycles. The number of benzene rings is 1. The Morgan fingerprint density at radius 3 is 2.50 bits per heavy atom. The van der Waals surface area contributed by atoms with Crippen LogP contribution in [-0.2, 0) is 9.53 Å². The van der Waals surface area contributed by atoms with Crippen LogP contribution in [0.15, 0.2) is 36.0 Å². The lowest BCUT2D eigenvalue weighted by molar-refractivity contribution is -0.125. The Morgan fingerprint density at radius 1 is 1.29 bits per heavy atom. The molecule has 4 nitrogen and oxygen atoms in total. The molecule has 1 aromatic rings. The molecule has 4 heteroatoms. The number of carbonyl (C=O) groups is 2. The van der Waals surface area contributed by atoms with Crippen LogP contribution in [0.4, 0.5) is 5.69 Å². The van der Waals surface area contributed by atoms with Crippen LogP contribution in [0.25, 0.3) is 0 Å². The second-order valence-corrected chi connectivity index (χ2v) is 7.52. The van der Waals surface area contributed by atoms with Gasteiger partial charge in [-0.3, -0.25) is 4.79 Å². The first-order valence-electron chi connectivity index (χ1n) is 8.60. The maximum absolute atomic E-state index is 12.8. The van der Waals surface area contributed by atoms with Gasteiger partial charge in [-0.2, -0.15) is 0 Å². The Kier molecular flexibility index (Phi) is 4.02. The van der Waals surface area contributed by atoms with Crippen LogP contribution in [0.3, 0.4) is 0 Å². The van der Waals surface area contributed by atoms with E-state index in [2.05, 4.69) is 26.1 Å². The molecule has 1 aromatic carbocycles. The molecule has 128 valence electrons.